The zero-order valence-electron chi connectivity index (χ0n) is 12.4. The Morgan fingerprint density at radius 3 is 2.26 bits per heavy atom. The van der Waals surface area contributed by atoms with Crippen LogP contribution in [0.15, 0.2) is 0 Å². The van der Waals surface area contributed by atoms with Gasteiger partial charge in [0, 0.05) is 39.3 Å². The molecule has 110 valence electrons. The van der Waals surface area contributed by atoms with E-state index in [1.54, 1.807) is 0 Å². The van der Waals surface area contributed by atoms with E-state index in [9.17, 15) is 9.90 Å². The lowest BCUT2D eigenvalue weighted by Crippen LogP contribution is -2.51. The standard InChI is InChI=1S/C15H28N2O2/c1-3-6-15(2,14(18)19)12-17-9-7-16(8-10-17)11-13-4-5-13/h13H,3-12H2,1-2H3,(H,18,19). The summed E-state index contributed by atoms with van der Waals surface area (Å²) < 4.78 is 0. The minimum atomic E-state index is -0.644. The molecule has 1 atom stereocenters. The summed E-state index contributed by atoms with van der Waals surface area (Å²) in [6.07, 6.45) is 4.52. The van der Waals surface area contributed by atoms with Gasteiger partial charge in [0.05, 0.1) is 5.41 Å². The van der Waals surface area contributed by atoms with Crippen LogP contribution in [0.4, 0.5) is 0 Å². The maximum Gasteiger partial charge on any atom is 0.310 e. The summed E-state index contributed by atoms with van der Waals surface area (Å²) in [5.41, 5.74) is -0.576. The molecule has 0 aromatic carbocycles. The molecule has 0 aromatic heterocycles. The van der Waals surface area contributed by atoms with Gasteiger partial charge in [-0.2, -0.15) is 0 Å². The molecule has 2 aliphatic rings. The Balaban J connectivity index is 1.78. The fraction of sp³-hybridized carbons (Fsp3) is 0.933. The van der Waals surface area contributed by atoms with Gasteiger partial charge in [0.15, 0.2) is 0 Å². The van der Waals surface area contributed by atoms with E-state index in [2.05, 4.69) is 16.7 Å². The van der Waals surface area contributed by atoms with Crippen molar-refractivity contribution in [1.82, 2.24) is 9.80 Å². The van der Waals surface area contributed by atoms with Crippen LogP contribution in [0, 0.1) is 11.3 Å². The Bertz CT molecular complexity index is 309. The Labute approximate surface area is 116 Å². The summed E-state index contributed by atoms with van der Waals surface area (Å²) in [6.45, 7) is 10.2. The topological polar surface area (TPSA) is 43.8 Å². The molecule has 4 nitrogen and oxygen atoms in total. The Kier molecular flexibility index (Phi) is 4.85. The van der Waals surface area contributed by atoms with Crippen LogP contribution in [0.5, 0.6) is 0 Å². The van der Waals surface area contributed by atoms with Crippen molar-refractivity contribution in [3.63, 3.8) is 0 Å². The Morgan fingerprint density at radius 1 is 1.21 bits per heavy atom. The number of carboxylic acid groups (broad SMARTS) is 1. The van der Waals surface area contributed by atoms with Gasteiger partial charge in [0.25, 0.3) is 0 Å². The number of piperazine rings is 1. The summed E-state index contributed by atoms with van der Waals surface area (Å²) in [5, 5.41) is 9.44. The third-order valence-corrected chi connectivity index (χ3v) is 4.57. The lowest BCUT2D eigenvalue weighted by atomic mass is 9.85. The second-order valence-electron chi connectivity index (χ2n) is 6.64. The summed E-state index contributed by atoms with van der Waals surface area (Å²) >= 11 is 0. The van der Waals surface area contributed by atoms with Gasteiger partial charge in [-0.05, 0) is 32.1 Å². The fourth-order valence-electron chi connectivity index (χ4n) is 3.09. The van der Waals surface area contributed by atoms with Gasteiger partial charge in [0.2, 0.25) is 0 Å². The third-order valence-electron chi connectivity index (χ3n) is 4.57. The molecule has 0 amide bonds. The average Bonchev–Trinajstić information content (AvgIpc) is 3.16. The van der Waals surface area contributed by atoms with Crippen LogP contribution in [0.1, 0.15) is 39.5 Å². The molecule has 0 spiro atoms. The first-order chi connectivity index (χ1) is 9.03. The molecular formula is C15H28N2O2. The molecule has 1 unspecified atom stereocenters. The van der Waals surface area contributed by atoms with Crippen molar-refractivity contribution >= 4 is 5.97 Å². The van der Waals surface area contributed by atoms with Gasteiger partial charge in [-0.1, -0.05) is 13.3 Å². The zero-order chi connectivity index (χ0) is 13.9. The van der Waals surface area contributed by atoms with E-state index in [0.29, 0.717) is 6.54 Å². The molecule has 1 heterocycles. The van der Waals surface area contributed by atoms with Crippen LogP contribution >= 0.6 is 0 Å². The number of rotatable bonds is 7. The minimum absolute atomic E-state index is 0.576. The van der Waals surface area contributed by atoms with E-state index in [1.807, 2.05) is 6.92 Å². The van der Waals surface area contributed by atoms with Gasteiger partial charge in [-0.3, -0.25) is 9.69 Å². The van der Waals surface area contributed by atoms with Crippen LogP contribution < -0.4 is 0 Å². The van der Waals surface area contributed by atoms with E-state index in [1.165, 1.54) is 19.4 Å². The monoisotopic (exact) mass is 268 g/mol. The highest BCUT2D eigenvalue weighted by molar-refractivity contribution is 5.74. The van der Waals surface area contributed by atoms with Crippen molar-refractivity contribution in [2.75, 3.05) is 39.3 Å². The van der Waals surface area contributed by atoms with Crippen LogP contribution in [0.3, 0.4) is 0 Å². The number of carbonyl (C=O) groups is 1. The first-order valence-electron chi connectivity index (χ1n) is 7.71. The number of hydrogen-bond acceptors (Lipinski definition) is 3. The normalized spacial score (nSPS) is 25.2. The lowest BCUT2D eigenvalue weighted by molar-refractivity contribution is -0.149. The van der Waals surface area contributed by atoms with E-state index < -0.39 is 11.4 Å². The van der Waals surface area contributed by atoms with E-state index in [0.717, 1.165) is 44.9 Å². The summed E-state index contributed by atoms with van der Waals surface area (Å²) in [7, 11) is 0. The van der Waals surface area contributed by atoms with Crippen LogP contribution in [0.2, 0.25) is 0 Å². The van der Waals surface area contributed by atoms with Crippen molar-refractivity contribution in [2.24, 2.45) is 11.3 Å². The summed E-state index contributed by atoms with van der Waals surface area (Å²) in [6, 6.07) is 0. The molecule has 19 heavy (non-hydrogen) atoms. The molecule has 2 rings (SSSR count). The van der Waals surface area contributed by atoms with Crippen molar-refractivity contribution < 1.29 is 9.90 Å². The van der Waals surface area contributed by atoms with E-state index in [-0.39, 0.29) is 0 Å². The second-order valence-corrected chi connectivity index (χ2v) is 6.64. The predicted octanol–water partition coefficient (Wildman–Crippen LogP) is 1.91. The van der Waals surface area contributed by atoms with Crippen molar-refractivity contribution in [2.45, 2.75) is 39.5 Å². The number of nitrogens with zero attached hydrogens (tertiary/aromatic N) is 2. The lowest BCUT2D eigenvalue weighted by Gasteiger charge is -2.38. The van der Waals surface area contributed by atoms with Crippen molar-refractivity contribution in [3.05, 3.63) is 0 Å². The van der Waals surface area contributed by atoms with Gasteiger partial charge < -0.3 is 10.0 Å². The largest absolute Gasteiger partial charge is 0.481 e. The van der Waals surface area contributed by atoms with Crippen LogP contribution in [0.25, 0.3) is 0 Å². The SMILES string of the molecule is CCCC(C)(CN1CCN(CC2CC2)CC1)C(=O)O. The Morgan fingerprint density at radius 2 is 1.79 bits per heavy atom. The molecule has 0 aromatic rings. The van der Waals surface area contributed by atoms with E-state index >= 15 is 0 Å². The molecule has 1 aliphatic heterocycles. The molecule has 1 N–H and O–H groups in total. The molecule has 1 saturated carbocycles. The highest BCUT2D eigenvalue weighted by atomic mass is 16.4. The van der Waals surface area contributed by atoms with Gasteiger partial charge in [-0.15, -0.1) is 0 Å². The molecule has 2 fully saturated rings. The number of hydrogen-bond donors (Lipinski definition) is 1. The second kappa shape index (κ2) is 6.23. The minimum Gasteiger partial charge on any atom is -0.481 e. The highest BCUT2D eigenvalue weighted by Crippen LogP contribution is 2.30. The molecule has 4 heteroatoms. The van der Waals surface area contributed by atoms with E-state index in [4.69, 9.17) is 0 Å². The maximum absolute atomic E-state index is 11.5. The highest BCUT2D eigenvalue weighted by Gasteiger charge is 2.35. The quantitative estimate of drug-likeness (QED) is 0.766. The summed E-state index contributed by atoms with van der Waals surface area (Å²) in [4.78, 5) is 16.4. The third kappa shape index (κ3) is 4.18. The summed E-state index contributed by atoms with van der Waals surface area (Å²) in [5.74, 6) is 0.311. The van der Waals surface area contributed by atoms with Gasteiger partial charge >= 0.3 is 5.97 Å². The maximum atomic E-state index is 11.5. The number of aliphatic carboxylic acids is 1. The molecule has 1 aliphatic carbocycles. The zero-order valence-corrected chi connectivity index (χ0v) is 12.4. The van der Waals surface area contributed by atoms with Crippen LogP contribution in [-0.2, 0) is 4.79 Å². The predicted molar refractivity (Wildman–Crippen MR) is 76.3 cm³/mol. The average molecular weight is 268 g/mol. The van der Waals surface area contributed by atoms with Crippen molar-refractivity contribution in [3.8, 4) is 0 Å². The first-order valence-corrected chi connectivity index (χ1v) is 7.71. The molecule has 0 bridgehead atoms. The number of carboxylic acids is 1. The Hall–Kier alpha value is -0.610. The molecule has 0 radical (unpaired) electrons. The van der Waals surface area contributed by atoms with Crippen molar-refractivity contribution in [1.29, 1.82) is 0 Å². The molecular weight excluding hydrogens is 240 g/mol. The van der Waals surface area contributed by atoms with Gasteiger partial charge in [-0.25, -0.2) is 0 Å². The van der Waals surface area contributed by atoms with Gasteiger partial charge in [0.1, 0.15) is 0 Å². The first kappa shape index (κ1) is 14.8. The molecule has 1 saturated heterocycles. The fourth-order valence-corrected chi connectivity index (χ4v) is 3.09. The smallest absolute Gasteiger partial charge is 0.310 e. The van der Waals surface area contributed by atoms with Crippen LogP contribution in [-0.4, -0.2) is 60.1 Å².